The maximum atomic E-state index is 12.4. The molecule has 22 heavy (non-hydrogen) atoms. The molecule has 6 nitrogen and oxygen atoms in total. The summed E-state index contributed by atoms with van der Waals surface area (Å²) in [6, 6.07) is 0. The predicted molar refractivity (Wildman–Crippen MR) is 81.8 cm³/mol. The van der Waals surface area contributed by atoms with Crippen molar-refractivity contribution < 1.29 is 0 Å². The molecule has 4 fully saturated rings. The van der Waals surface area contributed by atoms with Crippen LogP contribution in [0.15, 0.2) is 9.59 Å². The first-order valence-corrected chi connectivity index (χ1v) is 8.16. The van der Waals surface area contributed by atoms with Gasteiger partial charge in [-0.25, -0.2) is 9.78 Å². The number of imidazole rings is 1. The Morgan fingerprint density at radius 1 is 1.09 bits per heavy atom. The Kier molecular flexibility index (Phi) is 2.15. The molecular weight excluding hydrogens is 280 g/mol. The van der Waals surface area contributed by atoms with Crippen LogP contribution in [0.2, 0.25) is 0 Å². The third-order valence-corrected chi connectivity index (χ3v) is 6.56. The summed E-state index contributed by atoms with van der Waals surface area (Å²) >= 11 is 0. The fraction of sp³-hybridized carbons (Fsp3) is 0.688. The van der Waals surface area contributed by atoms with Crippen molar-refractivity contribution in [3.63, 3.8) is 0 Å². The molecule has 4 bridgehead atoms. The summed E-state index contributed by atoms with van der Waals surface area (Å²) in [5.41, 5.74) is 0.522. The molecule has 6 heteroatoms. The quantitative estimate of drug-likeness (QED) is 0.855. The monoisotopic (exact) mass is 300 g/mol. The Morgan fingerprint density at radius 3 is 2.45 bits per heavy atom. The fourth-order valence-electron chi connectivity index (χ4n) is 5.74. The molecule has 0 amide bonds. The number of aromatic amines is 1. The average molecular weight is 300 g/mol. The smallest absolute Gasteiger partial charge is 0.332 e. The maximum Gasteiger partial charge on any atom is 0.332 e. The van der Waals surface area contributed by atoms with E-state index in [0.29, 0.717) is 17.1 Å². The summed E-state index contributed by atoms with van der Waals surface area (Å²) in [5, 5.41) is 0. The molecule has 4 saturated carbocycles. The Morgan fingerprint density at radius 2 is 1.77 bits per heavy atom. The highest BCUT2D eigenvalue weighted by Crippen LogP contribution is 2.65. The molecule has 2 heterocycles. The molecule has 6 rings (SSSR count). The van der Waals surface area contributed by atoms with Gasteiger partial charge in [-0.15, -0.1) is 0 Å². The molecule has 4 aliphatic rings. The summed E-state index contributed by atoms with van der Waals surface area (Å²) in [5.74, 6) is 3.32. The van der Waals surface area contributed by atoms with Crippen molar-refractivity contribution >= 4 is 11.2 Å². The highest BCUT2D eigenvalue weighted by atomic mass is 16.2. The Balaban J connectivity index is 1.78. The van der Waals surface area contributed by atoms with Crippen LogP contribution >= 0.6 is 0 Å². The third-order valence-electron chi connectivity index (χ3n) is 6.56. The minimum atomic E-state index is -0.315. The van der Waals surface area contributed by atoms with E-state index < -0.39 is 0 Å². The summed E-state index contributed by atoms with van der Waals surface area (Å²) in [6.07, 6.45) is 6.39. The number of hydrogen-bond donors (Lipinski definition) is 1. The van der Waals surface area contributed by atoms with Gasteiger partial charge < -0.3 is 4.98 Å². The van der Waals surface area contributed by atoms with E-state index in [1.165, 1.54) is 43.7 Å². The van der Waals surface area contributed by atoms with Crippen molar-refractivity contribution in [3.8, 4) is 0 Å². The first-order valence-electron chi connectivity index (χ1n) is 8.16. The van der Waals surface area contributed by atoms with Gasteiger partial charge in [-0.1, -0.05) is 0 Å². The topological polar surface area (TPSA) is 72.7 Å². The molecule has 0 aliphatic heterocycles. The highest BCUT2D eigenvalue weighted by molar-refractivity contribution is 5.70. The van der Waals surface area contributed by atoms with Crippen molar-refractivity contribution in [2.45, 2.75) is 37.5 Å². The molecule has 0 spiro atoms. The van der Waals surface area contributed by atoms with Crippen LogP contribution in [-0.4, -0.2) is 19.1 Å². The predicted octanol–water partition coefficient (Wildman–Crippen LogP) is 1.04. The molecule has 2 aromatic rings. The van der Waals surface area contributed by atoms with Gasteiger partial charge in [0.2, 0.25) is 0 Å². The highest BCUT2D eigenvalue weighted by Gasteiger charge is 2.59. The zero-order valence-corrected chi connectivity index (χ0v) is 12.9. The van der Waals surface area contributed by atoms with E-state index >= 15 is 0 Å². The Labute approximate surface area is 127 Å². The van der Waals surface area contributed by atoms with Crippen LogP contribution in [0.4, 0.5) is 0 Å². The van der Waals surface area contributed by atoms with Crippen LogP contribution in [0.5, 0.6) is 0 Å². The summed E-state index contributed by atoms with van der Waals surface area (Å²) < 4.78 is 2.63. The largest absolute Gasteiger partial charge is 0.336 e. The Hall–Kier alpha value is -1.85. The van der Waals surface area contributed by atoms with Crippen molar-refractivity contribution in [3.05, 3.63) is 26.7 Å². The van der Waals surface area contributed by atoms with Gasteiger partial charge in [0.1, 0.15) is 11.3 Å². The van der Waals surface area contributed by atoms with Crippen molar-refractivity contribution in [2.75, 3.05) is 0 Å². The number of nitrogens with zero attached hydrogens (tertiary/aromatic N) is 3. The maximum absolute atomic E-state index is 12.4. The second kappa shape index (κ2) is 3.73. The van der Waals surface area contributed by atoms with E-state index in [2.05, 4.69) is 4.98 Å². The number of hydrogen-bond acceptors (Lipinski definition) is 3. The molecule has 1 N–H and O–H groups in total. The van der Waals surface area contributed by atoms with Gasteiger partial charge in [0.15, 0.2) is 5.65 Å². The van der Waals surface area contributed by atoms with E-state index in [9.17, 15) is 9.59 Å². The minimum absolute atomic E-state index is 0.133. The van der Waals surface area contributed by atoms with E-state index in [1.54, 1.807) is 7.05 Å². The van der Waals surface area contributed by atoms with E-state index in [1.807, 2.05) is 0 Å². The van der Waals surface area contributed by atoms with Gasteiger partial charge in [0, 0.05) is 19.5 Å². The Bertz CT molecular complexity index is 905. The number of H-pyrrole nitrogens is 1. The second-order valence-electron chi connectivity index (χ2n) is 7.69. The van der Waals surface area contributed by atoms with Gasteiger partial charge >= 0.3 is 5.69 Å². The van der Waals surface area contributed by atoms with Crippen LogP contribution in [0, 0.1) is 17.8 Å². The molecule has 116 valence electrons. The molecule has 0 aromatic carbocycles. The lowest BCUT2D eigenvalue weighted by molar-refractivity contribution is 0.262. The standard InChI is InChI=1S/C16H20N4O2/c1-19-12-11(13(21)20(2)15(19)22)17-14(18-12)16-6-8-3-9(7-16)5-10(16)4-8/h8-10H,3-7H2,1-2H3,(H,17,18)/t8-,9-,10?,16?/m1/s1. The van der Waals surface area contributed by atoms with Crippen molar-refractivity contribution in [2.24, 2.45) is 31.8 Å². The van der Waals surface area contributed by atoms with Gasteiger partial charge in [-0.2, -0.15) is 0 Å². The van der Waals surface area contributed by atoms with Crippen molar-refractivity contribution in [1.29, 1.82) is 0 Å². The van der Waals surface area contributed by atoms with Gasteiger partial charge in [0.25, 0.3) is 5.56 Å². The van der Waals surface area contributed by atoms with Crippen LogP contribution in [0.3, 0.4) is 0 Å². The molecule has 0 unspecified atom stereocenters. The zero-order chi connectivity index (χ0) is 15.2. The molecule has 4 aliphatic carbocycles. The summed E-state index contributed by atoms with van der Waals surface area (Å²) in [4.78, 5) is 32.5. The normalized spacial score (nSPS) is 35.8. The van der Waals surface area contributed by atoms with E-state index in [4.69, 9.17) is 4.98 Å². The zero-order valence-electron chi connectivity index (χ0n) is 12.9. The van der Waals surface area contributed by atoms with E-state index in [0.717, 1.165) is 22.2 Å². The van der Waals surface area contributed by atoms with Gasteiger partial charge in [-0.3, -0.25) is 13.9 Å². The molecule has 2 aromatic heterocycles. The van der Waals surface area contributed by atoms with Gasteiger partial charge in [0.05, 0.1) is 0 Å². The lowest BCUT2D eigenvalue weighted by atomic mass is 9.75. The van der Waals surface area contributed by atoms with Gasteiger partial charge in [-0.05, 0) is 49.9 Å². The SMILES string of the molecule is Cn1c(=O)c2[nH]c(C34C[C@H]5CC3C[C@@H](C5)C4)nc2n(C)c1=O. The summed E-state index contributed by atoms with van der Waals surface area (Å²) in [6.45, 7) is 0. The lowest BCUT2D eigenvalue weighted by Gasteiger charge is -2.30. The minimum Gasteiger partial charge on any atom is -0.336 e. The number of nitrogens with one attached hydrogen (secondary N) is 1. The first-order chi connectivity index (χ1) is 10.5. The molecular formula is C16H20N4O2. The molecule has 0 saturated heterocycles. The summed E-state index contributed by atoms with van der Waals surface area (Å²) in [7, 11) is 3.21. The number of aryl methyl sites for hydroxylation is 1. The van der Waals surface area contributed by atoms with E-state index in [-0.39, 0.29) is 16.7 Å². The van der Waals surface area contributed by atoms with Crippen LogP contribution in [-0.2, 0) is 19.5 Å². The first kappa shape index (κ1) is 12.7. The second-order valence-corrected chi connectivity index (χ2v) is 7.69. The molecule has 2 atom stereocenters. The molecule has 0 radical (unpaired) electrons. The van der Waals surface area contributed by atoms with Crippen LogP contribution < -0.4 is 11.2 Å². The fourth-order valence-corrected chi connectivity index (χ4v) is 5.74. The van der Waals surface area contributed by atoms with Crippen LogP contribution in [0.1, 0.15) is 37.9 Å². The number of aromatic nitrogens is 4. The third kappa shape index (κ3) is 1.30. The van der Waals surface area contributed by atoms with Crippen molar-refractivity contribution in [1.82, 2.24) is 19.1 Å². The van der Waals surface area contributed by atoms with Crippen LogP contribution in [0.25, 0.3) is 11.2 Å². The lowest BCUT2D eigenvalue weighted by Crippen LogP contribution is -2.36. The number of fused-ring (bicyclic) bond motifs is 1. The number of rotatable bonds is 1. The average Bonchev–Trinajstić information content (AvgIpc) is 3.11.